The van der Waals surface area contributed by atoms with Gasteiger partial charge in [-0.15, -0.1) is 0 Å². The number of aryl methyl sites for hydroxylation is 1. The van der Waals surface area contributed by atoms with E-state index in [0.29, 0.717) is 17.9 Å². The van der Waals surface area contributed by atoms with E-state index in [1.807, 2.05) is 42.8 Å². The van der Waals surface area contributed by atoms with Crippen molar-refractivity contribution in [2.24, 2.45) is 7.05 Å². The largest absolute Gasteiger partial charge is 0.354 e. The maximum Gasteiger partial charge on any atom is 0.267 e. The molecule has 3 aromatic rings. The predicted octanol–water partition coefficient (Wildman–Crippen LogP) is 2.43. The Morgan fingerprint density at radius 1 is 1.28 bits per heavy atom. The summed E-state index contributed by atoms with van der Waals surface area (Å²) in [5.74, 6) is -0.0826. The van der Waals surface area contributed by atoms with Crippen molar-refractivity contribution in [3.05, 3.63) is 69.5 Å². The molecule has 152 valence electrons. The fourth-order valence-corrected chi connectivity index (χ4v) is 4.33. The Balaban J connectivity index is 1.67. The second-order valence-corrected chi connectivity index (χ2v) is 7.73. The Morgan fingerprint density at radius 2 is 2.10 bits per heavy atom. The highest BCUT2D eigenvalue weighted by Crippen LogP contribution is 2.32. The molecule has 1 amide bonds. The van der Waals surface area contributed by atoms with Gasteiger partial charge >= 0.3 is 0 Å². The van der Waals surface area contributed by atoms with Gasteiger partial charge in [0.2, 0.25) is 0 Å². The van der Waals surface area contributed by atoms with Crippen LogP contribution >= 0.6 is 0 Å². The lowest BCUT2D eigenvalue weighted by Gasteiger charge is -2.36. The third-order valence-electron chi connectivity index (χ3n) is 5.88. The highest BCUT2D eigenvalue weighted by atomic mass is 16.2. The third-order valence-corrected chi connectivity index (χ3v) is 5.88. The summed E-state index contributed by atoms with van der Waals surface area (Å²) in [6.07, 6.45) is 5.05. The molecule has 0 bridgehead atoms. The number of nitrogens with zero attached hydrogens (tertiary/aromatic N) is 4. The number of rotatable bonds is 4. The van der Waals surface area contributed by atoms with Crippen molar-refractivity contribution in [2.75, 3.05) is 13.6 Å². The number of piperidine rings is 1. The second-order valence-electron chi connectivity index (χ2n) is 7.73. The van der Waals surface area contributed by atoms with Crippen molar-refractivity contribution in [3.63, 3.8) is 0 Å². The standard InChI is InChI=1S/C22H27N5O2/c1-15-7-6-12-27-20(28)13-16(24-21(15)27)14-26-11-5-4-8-18(26)17-9-10-19(25(17)3)22(29)23-2/h6-7,9-10,12-13,18H,4-5,8,11,14H2,1-3H3,(H,23,29). The van der Waals surface area contributed by atoms with Crippen LogP contribution in [0.3, 0.4) is 0 Å². The zero-order valence-electron chi connectivity index (χ0n) is 17.2. The molecule has 4 rings (SSSR count). The molecule has 1 fully saturated rings. The van der Waals surface area contributed by atoms with E-state index in [1.165, 1.54) is 0 Å². The number of fused-ring (bicyclic) bond motifs is 1. The Morgan fingerprint density at radius 3 is 2.90 bits per heavy atom. The van der Waals surface area contributed by atoms with Gasteiger partial charge in [-0.05, 0) is 50.1 Å². The fourth-order valence-electron chi connectivity index (χ4n) is 4.33. The first kappa shape index (κ1) is 19.4. The summed E-state index contributed by atoms with van der Waals surface area (Å²) in [5.41, 5.74) is 4.21. The number of pyridine rings is 1. The lowest BCUT2D eigenvalue weighted by molar-refractivity contribution is 0.0952. The molecule has 0 spiro atoms. The van der Waals surface area contributed by atoms with E-state index in [0.717, 1.165) is 42.8 Å². The van der Waals surface area contributed by atoms with Gasteiger partial charge < -0.3 is 9.88 Å². The number of aromatic nitrogens is 3. The Kier molecular flexibility index (Phi) is 5.24. The summed E-state index contributed by atoms with van der Waals surface area (Å²) < 4.78 is 3.58. The molecule has 0 aromatic carbocycles. The zero-order valence-corrected chi connectivity index (χ0v) is 17.2. The number of likely N-dealkylation sites (tertiary alicyclic amines) is 1. The molecule has 7 heteroatoms. The van der Waals surface area contributed by atoms with Gasteiger partial charge in [-0.2, -0.15) is 0 Å². The van der Waals surface area contributed by atoms with E-state index < -0.39 is 0 Å². The molecule has 0 saturated carbocycles. The molecule has 3 aromatic heterocycles. The van der Waals surface area contributed by atoms with Crippen LogP contribution in [0.15, 0.2) is 41.3 Å². The van der Waals surface area contributed by atoms with Crippen LogP contribution in [0.1, 0.15) is 52.7 Å². The van der Waals surface area contributed by atoms with Gasteiger partial charge in [0.05, 0.1) is 11.7 Å². The van der Waals surface area contributed by atoms with Gasteiger partial charge in [0.15, 0.2) is 0 Å². The van der Waals surface area contributed by atoms with Crippen LogP contribution in [0.5, 0.6) is 0 Å². The molecule has 1 N–H and O–H groups in total. The number of carbonyl (C=O) groups is 1. The molecule has 1 saturated heterocycles. The van der Waals surface area contributed by atoms with Crippen LogP contribution in [-0.4, -0.2) is 38.4 Å². The normalized spacial score (nSPS) is 17.6. The zero-order chi connectivity index (χ0) is 20.5. The first-order chi connectivity index (χ1) is 14.0. The van der Waals surface area contributed by atoms with Gasteiger partial charge in [0.1, 0.15) is 11.3 Å². The van der Waals surface area contributed by atoms with Gasteiger partial charge in [-0.1, -0.05) is 12.5 Å². The number of hydrogen-bond donors (Lipinski definition) is 1. The molecule has 0 radical (unpaired) electrons. The topological polar surface area (TPSA) is 71.6 Å². The smallest absolute Gasteiger partial charge is 0.267 e. The maximum atomic E-state index is 12.6. The van der Waals surface area contributed by atoms with Crippen molar-refractivity contribution in [3.8, 4) is 0 Å². The number of nitrogens with one attached hydrogen (secondary N) is 1. The average molecular weight is 393 g/mol. The number of amides is 1. The molecule has 0 aliphatic carbocycles. The molecule has 4 heterocycles. The molecule has 7 nitrogen and oxygen atoms in total. The van der Waals surface area contributed by atoms with Crippen LogP contribution in [-0.2, 0) is 13.6 Å². The maximum absolute atomic E-state index is 12.6. The number of hydrogen-bond acceptors (Lipinski definition) is 4. The quantitative estimate of drug-likeness (QED) is 0.739. The van der Waals surface area contributed by atoms with E-state index in [-0.39, 0.29) is 17.5 Å². The predicted molar refractivity (Wildman–Crippen MR) is 112 cm³/mol. The van der Waals surface area contributed by atoms with Crippen LogP contribution in [0.2, 0.25) is 0 Å². The van der Waals surface area contributed by atoms with Gasteiger partial charge in [-0.3, -0.25) is 18.9 Å². The Hall–Kier alpha value is -2.93. The van der Waals surface area contributed by atoms with E-state index >= 15 is 0 Å². The Labute approximate surface area is 170 Å². The highest BCUT2D eigenvalue weighted by molar-refractivity contribution is 5.92. The molecule has 1 unspecified atom stereocenters. The Bertz CT molecular complexity index is 1110. The van der Waals surface area contributed by atoms with Gasteiger partial charge in [0, 0.05) is 38.6 Å². The van der Waals surface area contributed by atoms with Crippen LogP contribution in [0.25, 0.3) is 5.65 Å². The van der Waals surface area contributed by atoms with E-state index in [2.05, 4.69) is 10.2 Å². The van der Waals surface area contributed by atoms with E-state index in [1.54, 1.807) is 23.7 Å². The minimum Gasteiger partial charge on any atom is -0.354 e. The van der Waals surface area contributed by atoms with Crippen molar-refractivity contribution >= 4 is 11.6 Å². The SMILES string of the molecule is CNC(=O)c1ccc(C2CCCCN2Cc2cc(=O)n3cccc(C)c3n2)n1C. The summed E-state index contributed by atoms with van der Waals surface area (Å²) in [7, 11) is 3.59. The third kappa shape index (κ3) is 3.58. The summed E-state index contributed by atoms with van der Waals surface area (Å²) in [4.78, 5) is 31.8. The molecule has 1 atom stereocenters. The van der Waals surface area contributed by atoms with Crippen LogP contribution < -0.4 is 10.9 Å². The summed E-state index contributed by atoms with van der Waals surface area (Å²) in [6.45, 7) is 3.53. The van der Waals surface area contributed by atoms with Crippen LogP contribution in [0, 0.1) is 6.92 Å². The van der Waals surface area contributed by atoms with Crippen LogP contribution in [0.4, 0.5) is 0 Å². The van der Waals surface area contributed by atoms with Crippen molar-refractivity contribution < 1.29 is 4.79 Å². The highest BCUT2D eigenvalue weighted by Gasteiger charge is 2.28. The monoisotopic (exact) mass is 393 g/mol. The molecular formula is C22H27N5O2. The van der Waals surface area contributed by atoms with E-state index in [4.69, 9.17) is 4.98 Å². The van der Waals surface area contributed by atoms with E-state index in [9.17, 15) is 9.59 Å². The minimum atomic E-state index is -0.0826. The van der Waals surface area contributed by atoms with Crippen molar-refractivity contribution in [2.45, 2.75) is 38.8 Å². The summed E-state index contributed by atoms with van der Waals surface area (Å²) >= 11 is 0. The minimum absolute atomic E-state index is 0.0528. The number of carbonyl (C=O) groups excluding carboxylic acids is 1. The summed E-state index contributed by atoms with van der Waals surface area (Å²) in [6, 6.07) is 9.60. The second kappa shape index (κ2) is 7.83. The lowest BCUT2D eigenvalue weighted by atomic mass is 9.99. The van der Waals surface area contributed by atoms with Crippen molar-refractivity contribution in [1.29, 1.82) is 0 Å². The molecule has 29 heavy (non-hydrogen) atoms. The molecule has 1 aliphatic rings. The molecular weight excluding hydrogens is 366 g/mol. The lowest BCUT2D eigenvalue weighted by Crippen LogP contribution is -2.35. The first-order valence-electron chi connectivity index (χ1n) is 10.1. The van der Waals surface area contributed by atoms with Crippen molar-refractivity contribution in [1.82, 2.24) is 24.2 Å². The summed E-state index contributed by atoms with van der Waals surface area (Å²) in [5, 5.41) is 2.70. The van der Waals surface area contributed by atoms with Gasteiger partial charge in [0.25, 0.3) is 11.5 Å². The fraction of sp³-hybridized carbons (Fsp3) is 0.409. The van der Waals surface area contributed by atoms with Gasteiger partial charge in [-0.25, -0.2) is 4.98 Å². The average Bonchev–Trinajstić information content (AvgIpc) is 3.10. The molecule has 1 aliphatic heterocycles. The first-order valence-corrected chi connectivity index (χ1v) is 10.1.